The third kappa shape index (κ3) is 3.18. The smallest absolute Gasteiger partial charge is 0.0623 e. The van der Waals surface area contributed by atoms with Crippen LogP contribution in [0, 0.1) is 11.8 Å². The zero-order valence-electron chi connectivity index (χ0n) is 10.2. The number of hydrogen-bond donors (Lipinski definition) is 1. The maximum absolute atomic E-state index is 6.02. The van der Waals surface area contributed by atoms with E-state index in [0.29, 0.717) is 12.1 Å². The summed E-state index contributed by atoms with van der Waals surface area (Å²) in [5, 5.41) is 3.49. The van der Waals surface area contributed by atoms with Crippen molar-refractivity contribution in [1.29, 1.82) is 0 Å². The van der Waals surface area contributed by atoms with Crippen molar-refractivity contribution >= 4 is 0 Å². The highest BCUT2D eigenvalue weighted by atomic mass is 16.5. The summed E-state index contributed by atoms with van der Waals surface area (Å²) in [7, 11) is 0. The normalized spacial score (nSPS) is 42.0. The Kier molecular flexibility index (Phi) is 4.04. The summed E-state index contributed by atoms with van der Waals surface area (Å²) >= 11 is 0. The Morgan fingerprint density at radius 1 is 1.13 bits per heavy atom. The molecular weight excluding hydrogens is 186 g/mol. The van der Waals surface area contributed by atoms with Gasteiger partial charge < -0.3 is 10.1 Å². The van der Waals surface area contributed by atoms with Gasteiger partial charge >= 0.3 is 0 Å². The summed E-state index contributed by atoms with van der Waals surface area (Å²) in [6.07, 6.45) is 7.07. The molecule has 1 heterocycles. The van der Waals surface area contributed by atoms with Gasteiger partial charge in [0.05, 0.1) is 12.7 Å². The summed E-state index contributed by atoms with van der Waals surface area (Å²) in [6.45, 7) is 6.87. The van der Waals surface area contributed by atoms with Crippen LogP contribution in [0.3, 0.4) is 0 Å². The van der Waals surface area contributed by atoms with Crippen LogP contribution < -0.4 is 5.32 Å². The third-order valence-corrected chi connectivity index (χ3v) is 4.25. The second kappa shape index (κ2) is 5.31. The molecule has 1 aliphatic carbocycles. The summed E-state index contributed by atoms with van der Waals surface area (Å²) in [6, 6.07) is 0.639. The molecular formula is C13H25NO. The Bertz CT molecular complexity index is 189. The zero-order valence-corrected chi connectivity index (χ0v) is 10.2. The van der Waals surface area contributed by atoms with Crippen molar-refractivity contribution in [3.05, 3.63) is 0 Å². The minimum absolute atomic E-state index is 0.540. The van der Waals surface area contributed by atoms with E-state index in [1.54, 1.807) is 0 Å². The molecule has 0 aromatic heterocycles. The maximum Gasteiger partial charge on any atom is 0.0623 e. The molecule has 2 nitrogen and oxygen atoms in total. The van der Waals surface area contributed by atoms with Crippen molar-refractivity contribution in [3.8, 4) is 0 Å². The van der Waals surface area contributed by atoms with E-state index in [1.165, 1.54) is 38.6 Å². The van der Waals surface area contributed by atoms with Gasteiger partial charge in [0.1, 0.15) is 0 Å². The number of hydrogen-bond acceptors (Lipinski definition) is 2. The van der Waals surface area contributed by atoms with Crippen molar-refractivity contribution < 1.29 is 4.74 Å². The average Bonchev–Trinajstić information content (AvgIpc) is 2.73. The topological polar surface area (TPSA) is 21.3 Å². The summed E-state index contributed by atoms with van der Waals surface area (Å²) in [4.78, 5) is 0. The van der Waals surface area contributed by atoms with Crippen LogP contribution in [0.2, 0.25) is 0 Å². The largest absolute Gasteiger partial charge is 0.377 e. The summed E-state index contributed by atoms with van der Waals surface area (Å²) in [5.74, 6) is 1.75. The molecule has 0 bridgehead atoms. The lowest BCUT2D eigenvalue weighted by Crippen LogP contribution is -2.32. The van der Waals surface area contributed by atoms with Crippen molar-refractivity contribution in [1.82, 2.24) is 5.32 Å². The molecule has 2 aliphatic rings. The van der Waals surface area contributed by atoms with Crippen LogP contribution in [-0.4, -0.2) is 25.3 Å². The van der Waals surface area contributed by atoms with Gasteiger partial charge in [-0.3, -0.25) is 0 Å². The first-order valence-electron chi connectivity index (χ1n) is 6.60. The Hall–Kier alpha value is -0.0800. The van der Waals surface area contributed by atoms with Gasteiger partial charge in [-0.25, -0.2) is 0 Å². The molecule has 2 fully saturated rings. The van der Waals surface area contributed by atoms with Crippen molar-refractivity contribution in [2.24, 2.45) is 11.8 Å². The Labute approximate surface area is 93.8 Å². The fourth-order valence-electron chi connectivity index (χ4n) is 2.80. The van der Waals surface area contributed by atoms with Gasteiger partial charge in [0.25, 0.3) is 0 Å². The monoisotopic (exact) mass is 211 g/mol. The van der Waals surface area contributed by atoms with Gasteiger partial charge in [-0.2, -0.15) is 0 Å². The van der Waals surface area contributed by atoms with E-state index in [-0.39, 0.29) is 0 Å². The van der Waals surface area contributed by atoms with Crippen LogP contribution in [0.15, 0.2) is 0 Å². The van der Waals surface area contributed by atoms with Crippen LogP contribution >= 0.6 is 0 Å². The molecule has 2 rings (SSSR count). The Balaban J connectivity index is 1.66. The SMILES string of the molecule is CC1CCC(OCC2CCCN2)CC1C. The Morgan fingerprint density at radius 2 is 2.00 bits per heavy atom. The highest BCUT2D eigenvalue weighted by Crippen LogP contribution is 2.31. The van der Waals surface area contributed by atoms with Crippen LogP contribution in [0.1, 0.15) is 46.0 Å². The minimum Gasteiger partial charge on any atom is -0.377 e. The standard InChI is InChI=1S/C13H25NO/c1-10-5-6-13(8-11(10)2)15-9-12-4-3-7-14-12/h10-14H,3-9H2,1-2H3. The van der Waals surface area contributed by atoms with Crippen LogP contribution in [0.25, 0.3) is 0 Å². The first-order valence-corrected chi connectivity index (χ1v) is 6.60. The molecule has 0 aromatic rings. The van der Waals surface area contributed by atoms with Crippen molar-refractivity contribution in [2.45, 2.75) is 58.1 Å². The van der Waals surface area contributed by atoms with Gasteiger partial charge in [-0.1, -0.05) is 13.8 Å². The second-order valence-electron chi connectivity index (χ2n) is 5.52. The van der Waals surface area contributed by atoms with E-state index in [4.69, 9.17) is 4.74 Å². The van der Waals surface area contributed by atoms with Crippen LogP contribution in [-0.2, 0) is 4.74 Å². The lowest BCUT2D eigenvalue weighted by atomic mass is 9.80. The van der Waals surface area contributed by atoms with Gasteiger partial charge in [-0.15, -0.1) is 0 Å². The molecule has 15 heavy (non-hydrogen) atoms. The predicted octanol–water partition coefficient (Wildman–Crippen LogP) is 2.58. The van der Waals surface area contributed by atoms with E-state index in [0.717, 1.165) is 18.4 Å². The summed E-state index contributed by atoms with van der Waals surface area (Å²) < 4.78 is 6.02. The molecule has 0 amide bonds. The first-order chi connectivity index (χ1) is 7.25. The molecule has 1 aliphatic heterocycles. The first kappa shape index (κ1) is 11.4. The molecule has 1 N–H and O–H groups in total. The molecule has 2 heteroatoms. The molecule has 0 spiro atoms. The van der Waals surface area contributed by atoms with Crippen LogP contribution in [0.4, 0.5) is 0 Å². The van der Waals surface area contributed by atoms with E-state index in [9.17, 15) is 0 Å². The van der Waals surface area contributed by atoms with E-state index < -0.39 is 0 Å². The van der Waals surface area contributed by atoms with Gasteiger partial charge in [0.2, 0.25) is 0 Å². The molecule has 1 saturated heterocycles. The number of rotatable bonds is 3. The number of nitrogens with one attached hydrogen (secondary N) is 1. The van der Waals surface area contributed by atoms with Gasteiger partial charge in [0.15, 0.2) is 0 Å². The lowest BCUT2D eigenvalue weighted by Gasteiger charge is -2.32. The molecule has 88 valence electrons. The third-order valence-electron chi connectivity index (χ3n) is 4.25. The molecule has 0 aromatic carbocycles. The number of ether oxygens (including phenoxy) is 1. The average molecular weight is 211 g/mol. The predicted molar refractivity (Wildman–Crippen MR) is 62.9 cm³/mol. The minimum atomic E-state index is 0.540. The highest BCUT2D eigenvalue weighted by molar-refractivity contribution is 4.78. The quantitative estimate of drug-likeness (QED) is 0.774. The Morgan fingerprint density at radius 3 is 2.67 bits per heavy atom. The maximum atomic E-state index is 6.02. The van der Waals surface area contributed by atoms with E-state index in [1.807, 2.05) is 0 Å². The second-order valence-corrected chi connectivity index (χ2v) is 5.52. The van der Waals surface area contributed by atoms with E-state index >= 15 is 0 Å². The highest BCUT2D eigenvalue weighted by Gasteiger charge is 2.26. The lowest BCUT2D eigenvalue weighted by molar-refractivity contribution is -0.00531. The summed E-state index contributed by atoms with van der Waals surface area (Å²) in [5.41, 5.74) is 0. The fraction of sp³-hybridized carbons (Fsp3) is 1.00. The molecule has 1 saturated carbocycles. The van der Waals surface area contributed by atoms with Crippen molar-refractivity contribution in [2.75, 3.05) is 13.2 Å². The fourth-order valence-corrected chi connectivity index (χ4v) is 2.80. The molecule has 4 unspecified atom stereocenters. The van der Waals surface area contributed by atoms with E-state index in [2.05, 4.69) is 19.2 Å². The van der Waals surface area contributed by atoms with Gasteiger partial charge in [0, 0.05) is 6.04 Å². The van der Waals surface area contributed by atoms with Gasteiger partial charge in [-0.05, 0) is 50.5 Å². The van der Waals surface area contributed by atoms with Crippen LogP contribution in [0.5, 0.6) is 0 Å². The van der Waals surface area contributed by atoms with Crippen molar-refractivity contribution in [3.63, 3.8) is 0 Å². The molecule has 4 atom stereocenters. The zero-order chi connectivity index (χ0) is 10.7. The molecule has 0 radical (unpaired) electrons.